The quantitative estimate of drug-likeness (QED) is 0.774. The second-order valence-corrected chi connectivity index (χ2v) is 3.53. The van der Waals surface area contributed by atoms with E-state index in [0.29, 0.717) is 17.2 Å². The van der Waals surface area contributed by atoms with Crippen LogP contribution in [0.2, 0.25) is 5.15 Å². The maximum absolute atomic E-state index is 13.5. The molecule has 0 bridgehead atoms. The number of hydrogen-bond acceptors (Lipinski definition) is 1. The Kier molecular flexibility index (Phi) is 2.21. The fourth-order valence-electron chi connectivity index (χ4n) is 1.71. The first-order valence-electron chi connectivity index (χ1n) is 4.28. The first-order chi connectivity index (χ1) is 6.66. The summed E-state index contributed by atoms with van der Waals surface area (Å²) in [5, 5.41) is 1.30. The van der Waals surface area contributed by atoms with E-state index in [2.05, 4.69) is 0 Å². The van der Waals surface area contributed by atoms with E-state index in [-0.39, 0.29) is 5.82 Å². The largest absolute Gasteiger partial charge is 0.332 e. The van der Waals surface area contributed by atoms with Crippen LogP contribution in [0.1, 0.15) is 5.56 Å². The lowest BCUT2D eigenvalue weighted by molar-refractivity contribution is 0.632. The average molecular weight is 213 g/mol. The van der Waals surface area contributed by atoms with Crippen LogP contribution in [0, 0.1) is 5.82 Å². The number of fused-ring (bicyclic) bond motifs is 1. The van der Waals surface area contributed by atoms with Gasteiger partial charge in [-0.1, -0.05) is 23.7 Å². The van der Waals surface area contributed by atoms with E-state index in [1.54, 1.807) is 17.7 Å². The van der Waals surface area contributed by atoms with Crippen LogP contribution in [0.25, 0.3) is 10.9 Å². The Morgan fingerprint density at radius 1 is 1.50 bits per heavy atom. The molecule has 2 nitrogen and oxygen atoms in total. The molecular formula is C10H10ClFN2. The minimum absolute atomic E-state index is 0.272. The minimum atomic E-state index is -0.272. The van der Waals surface area contributed by atoms with Crippen molar-refractivity contribution in [3.05, 3.63) is 34.7 Å². The molecule has 0 aliphatic heterocycles. The smallest absolute Gasteiger partial charge is 0.147 e. The second kappa shape index (κ2) is 3.26. The Morgan fingerprint density at radius 3 is 2.86 bits per heavy atom. The SMILES string of the molecule is Cn1c(Cl)c(CN)c2cccc(F)c21. The van der Waals surface area contributed by atoms with Crippen LogP contribution in [0.15, 0.2) is 18.2 Å². The van der Waals surface area contributed by atoms with Gasteiger partial charge < -0.3 is 10.3 Å². The predicted octanol–water partition coefficient (Wildman–Crippen LogP) is 2.43. The summed E-state index contributed by atoms with van der Waals surface area (Å²) in [6.07, 6.45) is 0. The standard InChI is InChI=1S/C10H10ClFN2/c1-14-9-6(3-2-4-8(9)12)7(5-13)10(14)11/h2-4H,5,13H2,1H3. The number of aromatic nitrogens is 1. The molecule has 4 heteroatoms. The molecule has 14 heavy (non-hydrogen) atoms. The van der Waals surface area contributed by atoms with Crippen molar-refractivity contribution in [2.24, 2.45) is 12.8 Å². The van der Waals surface area contributed by atoms with Gasteiger partial charge in [0.15, 0.2) is 0 Å². The lowest BCUT2D eigenvalue weighted by atomic mass is 10.2. The van der Waals surface area contributed by atoms with Gasteiger partial charge in [-0.15, -0.1) is 0 Å². The Morgan fingerprint density at radius 2 is 2.21 bits per heavy atom. The van der Waals surface area contributed by atoms with Crippen molar-refractivity contribution in [3.8, 4) is 0 Å². The molecule has 0 saturated heterocycles. The van der Waals surface area contributed by atoms with Gasteiger partial charge in [-0.3, -0.25) is 0 Å². The van der Waals surface area contributed by atoms with Gasteiger partial charge in [0.2, 0.25) is 0 Å². The third-order valence-corrected chi connectivity index (χ3v) is 2.88. The van der Waals surface area contributed by atoms with Crippen molar-refractivity contribution in [1.82, 2.24) is 4.57 Å². The number of nitrogens with two attached hydrogens (primary N) is 1. The number of hydrogen-bond donors (Lipinski definition) is 1. The van der Waals surface area contributed by atoms with Crippen molar-refractivity contribution in [3.63, 3.8) is 0 Å². The highest BCUT2D eigenvalue weighted by molar-refractivity contribution is 6.32. The van der Waals surface area contributed by atoms with Crippen LogP contribution < -0.4 is 5.73 Å². The summed E-state index contributed by atoms with van der Waals surface area (Å²) < 4.78 is 15.1. The molecular weight excluding hydrogens is 203 g/mol. The number of para-hydroxylation sites is 1. The molecule has 1 aromatic heterocycles. The molecule has 0 amide bonds. The molecule has 0 saturated carbocycles. The van der Waals surface area contributed by atoms with Crippen LogP contribution in [-0.4, -0.2) is 4.57 Å². The summed E-state index contributed by atoms with van der Waals surface area (Å²) in [4.78, 5) is 0. The van der Waals surface area contributed by atoms with E-state index in [4.69, 9.17) is 17.3 Å². The highest BCUT2D eigenvalue weighted by Crippen LogP contribution is 2.29. The predicted molar refractivity (Wildman–Crippen MR) is 55.8 cm³/mol. The normalized spacial score (nSPS) is 11.1. The molecule has 0 atom stereocenters. The van der Waals surface area contributed by atoms with Gasteiger partial charge in [0.05, 0.1) is 5.52 Å². The van der Waals surface area contributed by atoms with Gasteiger partial charge in [-0.05, 0) is 6.07 Å². The molecule has 0 spiro atoms. The maximum atomic E-state index is 13.5. The van der Waals surface area contributed by atoms with Crippen molar-refractivity contribution >= 4 is 22.5 Å². The van der Waals surface area contributed by atoms with Gasteiger partial charge in [0.1, 0.15) is 11.0 Å². The van der Waals surface area contributed by atoms with Crippen LogP contribution >= 0.6 is 11.6 Å². The van der Waals surface area contributed by atoms with Gasteiger partial charge in [0.25, 0.3) is 0 Å². The summed E-state index contributed by atoms with van der Waals surface area (Å²) in [5.74, 6) is -0.272. The highest BCUT2D eigenvalue weighted by Gasteiger charge is 2.14. The van der Waals surface area contributed by atoms with E-state index < -0.39 is 0 Å². The zero-order valence-electron chi connectivity index (χ0n) is 7.72. The van der Waals surface area contributed by atoms with Crippen LogP contribution in [0.4, 0.5) is 4.39 Å². The molecule has 0 unspecified atom stereocenters. The van der Waals surface area contributed by atoms with E-state index >= 15 is 0 Å². The third-order valence-electron chi connectivity index (χ3n) is 2.39. The minimum Gasteiger partial charge on any atom is -0.332 e. The summed E-state index contributed by atoms with van der Waals surface area (Å²) in [6.45, 7) is 0.319. The number of aryl methyl sites for hydroxylation is 1. The third kappa shape index (κ3) is 1.13. The molecule has 74 valence electrons. The Labute approximate surface area is 86.1 Å². The average Bonchev–Trinajstić information content (AvgIpc) is 2.41. The number of nitrogens with zero attached hydrogens (tertiary/aromatic N) is 1. The zero-order valence-corrected chi connectivity index (χ0v) is 8.48. The Hall–Kier alpha value is -1.06. The molecule has 0 fully saturated rings. The summed E-state index contributed by atoms with van der Waals surface area (Å²) in [7, 11) is 1.73. The summed E-state index contributed by atoms with van der Waals surface area (Å²) in [5.41, 5.74) is 6.87. The Bertz CT molecular complexity index is 490. The first kappa shape index (κ1) is 9.49. The summed E-state index contributed by atoms with van der Waals surface area (Å²) >= 11 is 6.03. The van der Waals surface area contributed by atoms with Gasteiger partial charge >= 0.3 is 0 Å². The second-order valence-electron chi connectivity index (χ2n) is 3.17. The first-order valence-corrected chi connectivity index (χ1v) is 4.66. The molecule has 0 aliphatic rings. The summed E-state index contributed by atoms with van der Waals surface area (Å²) in [6, 6.07) is 4.90. The van der Waals surface area contributed by atoms with E-state index in [9.17, 15) is 4.39 Å². The lowest BCUT2D eigenvalue weighted by Gasteiger charge is -1.97. The number of rotatable bonds is 1. The van der Waals surface area contributed by atoms with Crippen molar-refractivity contribution in [2.45, 2.75) is 6.54 Å². The zero-order chi connectivity index (χ0) is 10.3. The number of benzene rings is 1. The van der Waals surface area contributed by atoms with Crippen molar-refractivity contribution in [2.75, 3.05) is 0 Å². The molecule has 2 N–H and O–H groups in total. The molecule has 2 rings (SSSR count). The highest BCUT2D eigenvalue weighted by atomic mass is 35.5. The number of halogens is 2. The molecule has 1 aromatic carbocycles. The van der Waals surface area contributed by atoms with Crippen molar-refractivity contribution < 1.29 is 4.39 Å². The van der Waals surface area contributed by atoms with Crippen LogP contribution in [0.5, 0.6) is 0 Å². The fourth-order valence-corrected chi connectivity index (χ4v) is 1.97. The molecule has 1 heterocycles. The maximum Gasteiger partial charge on any atom is 0.147 e. The fraction of sp³-hybridized carbons (Fsp3) is 0.200. The van der Waals surface area contributed by atoms with E-state index in [0.717, 1.165) is 10.9 Å². The van der Waals surface area contributed by atoms with Crippen LogP contribution in [-0.2, 0) is 13.6 Å². The van der Waals surface area contributed by atoms with Gasteiger partial charge in [-0.2, -0.15) is 0 Å². The van der Waals surface area contributed by atoms with Crippen LogP contribution in [0.3, 0.4) is 0 Å². The van der Waals surface area contributed by atoms with E-state index in [1.165, 1.54) is 6.07 Å². The van der Waals surface area contributed by atoms with Gasteiger partial charge in [-0.25, -0.2) is 4.39 Å². The molecule has 0 aliphatic carbocycles. The van der Waals surface area contributed by atoms with E-state index in [1.807, 2.05) is 6.07 Å². The van der Waals surface area contributed by atoms with Crippen molar-refractivity contribution in [1.29, 1.82) is 0 Å². The molecule has 2 aromatic rings. The topological polar surface area (TPSA) is 30.9 Å². The molecule has 0 radical (unpaired) electrons. The Balaban J connectivity index is 2.95. The monoisotopic (exact) mass is 212 g/mol. The van der Waals surface area contributed by atoms with Gasteiger partial charge in [0, 0.05) is 24.5 Å². The lowest BCUT2D eigenvalue weighted by Crippen LogP contribution is -1.96.